The molecule has 1 heterocycles. The van der Waals surface area contributed by atoms with E-state index in [0.29, 0.717) is 5.69 Å². The van der Waals surface area contributed by atoms with Crippen molar-refractivity contribution in [3.8, 4) is 0 Å². The SMILES string of the molecule is CN(CC(=O)O)c1cc(CN2CCCC2)ccc1F. The Balaban J connectivity index is 2.11. The van der Waals surface area contributed by atoms with Crippen LogP contribution < -0.4 is 4.90 Å². The second-order valence-corrected chi connectivity index (χ2v) is 5.02. The molecule has 1 saturated heterocycles. The van der Waals surface area contributed by atoms with Crippen LogP contribution in [0.3, 0.4) is 0 Å². The van der Waals surface area contributed by atoms with Gasteiger partial charge in [-0.15, -0.1) is 0 Å². The van der Waals surface area contributed by atoms with Crippen LogP contribution in [-0.2, 0) is 11.3 Å². The van der Waals surface area contributed by atoms with E-state index in [1.807, 2.05) is 0 Å². The van der Waals surface area contributed by atoms with E-state index in [4.69, 9.17) is 5.11 Å². The van der Waals surface area contributed by atoms with Crippen molar-refractivity contribution in [3.05, 3.63) is 29.6 Å². The van der Waals surface area contributed by atoms with Crippen molar-refractivity contribution >= 4 is 11.7 Å². The highest BCUT2D eigenvalue weighted by Gasteiger charge is 2.15. The molecule has 1 aliphatic heterocycles. The van der Waals surface area contributed by atoms with Crippen molar-refractivity contribution in [2.24, 2.45) is 0 Å². The number of carbonyl (C=O) groups is 1. The van der Waals surface area contributed by atoms with Crippen LogP contribution in [0.4, 0.5) is 10.1 Å². The Bertz CT molecular complexity index is 459. The summed E-state index contributed by atoms with van der Waals surface area (Å²) in [6.45, 7) is 2.76. The summed E-state index contributed by atoms with van der Waals surface area (Å²) in [5.41, 5.74) is 1.37. The Kier molecular flexibility index (Phi) is 4.37. The number of benzene rings is 1. The smallest absolute Gasteiger partial charge is 0.323 e. The van der Waals surface area contributed by atoms with E-state index < -0.39 is 5.97 Å². The Morgan fingerprint density at radius 2 is 2.11 bits per heavy atom. The molecule has 2 rings (SSSR count). The summed E-state index contributed by atoms with van der Waals surface area (Å²) >= 11 is 0. The number of halogens is 1. The van der Waals surface area contributed by atoms with E-state index in [9.17, 15) is 9.18 Å². The summed E-state index contributed by atoms with van der Waals surface area (Å²) in [6.07, 6.45) is 2.43. The van der Waals surface area contributed by atoms with E-state index >= 15 is 0 Å². The number of hydrogen-bond donors (Lipinski definition) is 1. The van der Waals surface area contributed by atoms with E-state index in [2.05, 4.69) is 4.90 Å². The number of carboxylic acid groups (broad SMARTS) is 1. The highest BCUT2D eigenvalue weighted by molar-refractivity contribution is 5.73. The van der Waals surface area contributed by atoms with Crippen LogP contribution >= 0.6 is 0 Å². The van der Waals surface area contributed by atoms with Gasteiger partial charge in [0.2, 0.25) is 0 Å². The molecule has 1 aromatic rings. The molecule has 1 aliphatic rings. The standard InChI is InChI=1S/C14H19FN2O2/c1-16(10-14(18)19)13-8-11(4-5-12(13)15)9-17-6-2-3-7-17/h4-5,8H,2-3,6-7,9-10H2,1H3,(H,18,19). The van der Waals surface area contributed by atoms with Gasteiger partial charge in [-0.1, -0.05) is 6.07 Å². The predicted octanol–water partition coefficient (Wildman–Crippen LogP) is 1.94. The highest BCUT2D eigenvalue weighted by atomic mass is 19.1. The fraction of sp³-hybridized carbons (Fsp3) is 0.500. The minimum Gasteiger partial charge on any atom is -0.480 e. The largest absolute Gasteiger partial charge is 0.480 e. The maximum absolute atomic E-state index is 13.7. The van der Waals surface area contributed by atoms with Crippen LogP contribution in [0, 0.1) is 5.82 Å². The first-order valence-corrected chi connectivity index (χ1v) is 6.50. The van der Waals surface area contributed by atoms with Gasteiger partial charge in [-0.3, -0.25) is 9.69 Å². The summed E-state index contributed by atoms with van der Waals surface area (Å²) < 4.78 is 13.7. The van der Waals surface area contributed by atoms with Gasteiger partial charge in [0.1, 0.15) is 12.4 Å². The van der Waals surface area contributed by atoms with Gasteiger partial charge in [0.05, 0.1) is 5.69 Å². The summed E-state index contributed by atoms with van der Waals surface area (Å²) in [4.78, 5) is 14.4. The molecule has 1 fully saturated rings. The van der Waals surface area contributed by atoms with Crippen LogP contribution in [0.1, 0.15) is 18.4 Å². The van der Waals surface area contributed by atoms with Gasteiger partial charge in [-0.05, 0) is 43.6 Å². The second-order valence-electron chi connectivity index (χ2n) is 5.02. The number of hydrogen-bond acceptors (Lipinski definition) is 3. The molecule has 0 unspecified atom stereocenters. The first kappa shape index (κ1) is 13.8. The molecule has 1 N–H and O–H groups in total. The number of aliphatic carboxylic acids is 1. The van der Waals surface area contributed by atoms with Crippen molar-refractivity contribution in [2.75, 3.05) is 31.6 Å². The van der Waals surface area contributed by atoms with Gasteiger partial charge in [0.15, 0.2) is 0 Å². The number of anilines is 1. The lowest BCUT2D eigenvalue weighted by molar-refractivity contribution is -0.135. The molecule has 19 heavy (non-hydrogen) atoms. The third-order valence-corrected chi connectivity index (χ3v) is 3.40. The number of rotatable bonds is 5. The monoisotopic (exact) mass is 266 g/mol. The second kappa shape index (κ2) is 6.02. The molecule has 0 spiro atoms. The molecule has 0 radical (unpaired) electrons. The lowest BCUT2D eigenvalue weighted by Crippen LogP contribution is -2.26. The molecule has 1 aromatic carbocycles. The minimum atomic E-state index is -0.966. The van der Waals surface area contributed by atoms with Crippen LogP contribution in [-0.4, -0.2) is 42.7 Å². The normalized spacial score (nSPS) is 15.7. The van der Waals surface area contributed by atoms with E-state index in [-0.39, 0.29) is 12.4 Å². The topological polar surface area (TPSA) is 43.8 Å². The molecular formula is C14H19FN2O2. The Labute approximate surface area is 112 Å². The van der Waals surface area contributed by atoms with E-state index in [1.54, 1.807) is 19.2 Å². The predicted molar refractivity (Wildman–Crippen MR) is 71.8 cm³/mol. The zero-order valence-corrected chi connectivity index (χ0v) is 11.1. The zero-order chi connectivity index (χ0) is 13.8. The summed E-state index contributed by atoms with van der Waals surface area (Å²) in [6, 6.07) is 4.93. The zero-order valence-electron chi connectivity index (χ0n) is 11.1. The molecule has 0 amide bonds. The molecule has 0 aromatic heterocycles. The summed E-state index contributed by atoms with van der Waals surface area (Å²) in [7, 11) is 1.59. The quantitative estimate of drug-likeness (QED) is 0.884. The third kappa shape index (κ3) is 3.67. The molecule has 0 bridgehead atoms. The first-order valence-electron chi connectivity index (χ1n) is 6.50. The average Bonchev–Trinajstić information content (AvgIpc) is 2.83. The summed E-state index contributed by atoms with van der Waals surface area (Å²) in [5.74, 6) is -1.35. The van der Waals surface area contributed by atoms with E-state index in [1.165, 1.54) is 23.8 Å². The molecule has 0 saturated carbocycles. The highest BCUT2D eigenvalue weighted by Crippen LogP contribution is 2.21. The fourth-order valence-electron chi connectivity index (χ4n) is 2.44. The molecule has 4 nitrogen and oxygen atoms in total. The number of nitrogens with zero attached hydrogens (tertiary/aromatic N) is 2. The molecular weight excluding hydrogens is 247 g/mol. The molecule has 104 valence electrons. The van der Waals surface area contributed by atoms with Crippen molar-refractivity contribution in [1.82, 2.24) is 4.90 Å². The van der Waals surface area contributed by atoms with E-state index in [0.717, 1.165) is 25.2 Å². The van der Waals surface area contributed by atoms with Gasteiger partial charge in [0.25, 0.3) is 0 Å². The van der Waals surface area contributed by atoms with Gasteiger partial charge in [0, 0.05) is 13.6 Å². The lowest BCUT2D eigenvalue weighted by atomic mass is 10.1. The van der Waals surface area contributed by atoms with Crippen LogP contribution in [0.2, 0.25) is 0 Å². The Morgan fingerprint density at radius 1 is 1.42 bits per heavy atom. The minimum absolute atomic E-state index is 0.204. The summed E-state index contributed by atoms with van der Waals surface area (Å²) in [5, 5.41) is 8.76. The Morgan fingerprint density at radius 3 is 2.74 bits per heavy atom. The maximum atomic E-state index is 13.7. The van der Waals surface area contributed by atoms with Crippen LogP contribution in [0.5, 0.6) is 0 Å². The molecule has 0 aliphatic carbocycles. The van der Waals surface area contributed by atoms with Gasteiger partial charge in [-0.2, -0.15) is 0 Å². The van der Waals surface area contributed by atoms with Gasteiger partial charge < -0.3 is 10.0 Å². The number of carboxylic acids is 1. The molecule has 5 heteroatoms. The van der Waals surface area contributed by atoms with Crippen LogP contribution in [0.15, 0.2) is 18.2 Å². The van der Waals surface area contributed by atoms with Crippen molar-refractivity contribution < 1.29 is 14.3 Å². The van der Waals surface area contributed by atoms with Gasteiger partial charge in [-0.25, -0.2) is 4.39 Å². The number of likely N-dealkylation sites (tertiary alicyclic amines) is 1. The van der Waals surface area contributed by atoms with Gasteiger partial charge >= 0.3 is 5.97 Å². The number of likely N-dealkylation sites (N-methyl/N-ethyl adjacent to an activating group) is 1. The van der Waals surface area contributed by atoms with Crippen molar-refractivity contribution in [2.45, 2.75) is 19.4 Å². The first-order chi connectivity index (χ1) is 9.06. The average molecular weight is 266 g/mol. The van der Waals surface area contributed by atoms with Crippen LogP contribution in [0.25, 0.3) is 0 Å². The fourth-order valence-corrected chi connectivity index (χ4v) is 2.44. The van der Waals surface area contributed by atoms with Crippen molar-refractivity contribution in [3.63, 3.8) is 0 Å². The third-order valence-electron chi connectivity index (χ3n) is 3.40. The maximum Gasteiger partial charge on any atom is 0.323 e. The molecule has 0 atom stereocenters. The Hall–Kier alpha value is -1.62. The lowest BCUT2D eigenvalue weighted by Gasteiger charge is -2.20. The van der Waals surface area contributed by atoms with Crippen molar-refractivity contribution in [1.29, 1.82) is 0 Å².